The van der Waals surface area contributed by atoms with E-state index >= 15 is 0 Å². The van der Waals surface area contributed by atoms with Crippen LogP contribution in [0.1, 0.15) is 52.7 Å². The van der Waals surface area contributed by atoms with Crippen molar-refractivity contribution in [1.82, 2.24) is 20.1 Å². The standard InChI is InChI=1S/C29H35F3N4O3/c30-29(31,32)23-8-7-21-9-12-35(28(38)25(21)15-23)19-27(37)34-26-18-36(24-4-2-13-39-14-10-24)17-22(26)6-5-20-3-1-11-33-16-20/h1,3,7-8,11,15-16,22,24,26H,2,4-6,9-10,12-14,17-19H2,(H,34,37)/t22-,24?,26?/m0/s1. The number of carbonyl (C=O) groups is 2. The number of hydrogen-bond acceptors (Lipinski definition) is 5. The van der Waals surface area contributed by atoms with Crippen molar-refractivity contribution in [2.75, 3.05) is 39.4 Å². The van der Waals surface area contributed by atoms with Crippen LogP contribution in [0.2, 0.25) is 0 Å². The third-order valence-electron chi connectivity index (χ3n) is 8.22. The van der Waals surface area contributed by atoms with E-state index in [1.165, 1.54) is 11.0 Å². The highest BCUT2D eigenvalue weighted by Crippen LogP contribution is 2.32. The molecule has 7 nitrogen and oxygen atoms in total. The molecule has 0 bridgehead atoms. The maximum absolute atomic E-state index is 13.2. The van der Waals surface area contributed by atoms with Crippen LogP contribution in [0.15, 0.2) is 42.7 Å². The molecule has 1 aromatic carbocycles. The summed E-state index contributed by atoms with van der Waals surface area (Å²) in [6.07, 6.45) is 4.32. The van der Waals surface area contributed by atoms with Gasteiger partial charge in [0, 0.05) is 62.9 Å². The van der Waals surface area contributed by atoms with Gasteiger partial charge >= 0.3 is 6.18 Å². The summed E-state index contributed by atoms with van der Waals surface area (Å²) in [5.74, 6) is -0.566. The van der Waals surface area contributed by atoms with Crippen LogP contribution < -0.4 is 5.32 Å². The first kappa shape index (κ1) is 27.6. The summed E-state index contributed by atoms with van der Waals surface area (Å²) in [4.78, 5) is 34.2. The summed E-state index contributed by atoms with van der Waals surface area (Å²) in [6.45, 7) is 3.27. The smallest absolute Gasteiger partial charge is 0.381 e. The van der Waals surface area contributed by atoms with Gasteiger partial charge in [-0.1, -0.05) is 12.1 Å². The number of rotatable bonds is 7. The van der Waals surface area contributed by atoms with Crippen molar-refractivity contribution in [3.63, 3.8) is 0 Å². The van der Waals surface area contributed by atoms with Gasteiger partial charge in [-0.05, 0) is 73.8 Å². The lowest BCUT2D eigenvalue weighted by atomic mass is 9.95. The molecular weight excluding hydrogens is 509 g/mol. The number of hydrogen-bond donors (Lipinski definition) is 1. The molecule has 2 aromatic rings. The number of amides is 2. The molecule has 2 unspecified atom stereocenters. The lowest BCUT2D eigenvalue weighted by Crippen LogP contribution is -2.48. The summed E-state index contributed by atoms with van der Waals surface area (Å²) in [5.41, 5.74) is 0.909. The first-order valence-corrected chi connectivity index (χ1v) is 13.8. The number of carbonyl (C=O) groups excluding carboxylic acids is 2. The van der Waals surface area contributed by atoms with E-state index in [2.05, 4.69) is 21.3 Å². The van der Waals surface area contributed by atoms with E-state index < -0.39 is 17.6 Å². The summed E-state index contributed by atoms with van der Waals surface area (Å²) in [7, 11) is 0. The fourth-order valence-electron chi connectivity index (χ4n) is 6.08. The normalized spacial score (nSPS) is 24.3. The van der Waals surface area contributed by atoms with Gasteiger partial charge in [-0.2, -0.15) is 13.2 Å². The van der Waals surface area contributed by atoms with E-state index in [0.717, 1.165) is 76.1 Å². The lowest BCUT2D eigenvalue weighted by Gasteiger charge is -2.29. The first-order chi connectivity index (χ1) is 18.8. The van der Waals surface area contributed by atoms with Crippen LogP contribution in [0.25, 0.3) is 0 Å². The average molecular weight is 545 g/mol. The Labute approximate surface area is 226 Å². The number of aryl methyl sites for hydroxylation is 1. The van der Waals surface area contributed by atoms with Crippen molar-refractivity contribution in [2.45, 2.75) is 56.8 Å². The number of likely N-dealkylation sites (tertiary alicyclic amines) is 1. The molecule has 2 fully saturated rings. The monoisotopic (exact) mass is 544 g/mol. The number of fused-ring (bicyclic) bond motifs is 1. The van der Waals surface area contributed by atoms with Crippen molar-refractivity contribution in [3.05, 3.63) is 65.0 Å². The predicted molar refractivity (Wildman–Crippen MR) is 139 cm³/mol. The van der Waals surface area contributed by atoms with Gasteiger partial charge in [0.25, 0.3) is 5.91 Å². The first-order valence-electron chi connectivity index (χ1n) is 13.8. The van der Waals surface area contributed by atoms with E-state index in [0.29, 0.717) is 24.6 Å². The molecular formula is C29H35F3N4O3. The molecule has 0 aliphatic carbocycles. The molecule has 1 aromatic heterocycles. The largest absolute Gasteiger partial charge is 0.416 e. The zero-order chi connectivity index (χ0) is 27.4. The second kappa shape index (κ2) is 12.0. The minimum atomic E-state index is -4.53. The van der Waals surface area contributed by atoms with Crippen molar-refractivity contribution in [2.24, 2.45) is 5.92 Å². The van der Waals surface area contributed by atoms with Gasteiger partial charge in [0.05, 0.1) is 12.1 Å². The zero-order valence-electron chi connectivity index (χ0n) is 22.0. The summed E-state index contributed by atoms with van der Waals surface area (Å²) < 4.78 is 45.3. The number of alkyl halides is 3. The fraction of sp³-hybridized carbons (Fsp3) is 0.552. The van der Waals surface area contributed by atoms with Crippen LogP contribution in [-0.2, 0) is 28.5 Å². The molecule has 3 atom stereocenters. The topological polar surface area (TPSA) is 74.8 Å². The second-order valence-corrected chi connectivity index (χ2v) is 10.8. The Morgan fingerprint density at radius 1 is 1.15 bits per heavy atom. The number of nitrogens with one attached hydrogen (secondary N) is 1. The third-order valence-corrected chi connectivity index (χ3v) is 8.22. The number of pyridine rings is 1. The average Bonchev–Trinajstić information content (AvgIpc) is 3.11. The highest BCUT2D eigenvalue weighted by Gasteiger charge is 2.38. The Kier molecular flexibility index (Phi) is 8.52. The quantitative estimate of drug-likeness (QED) is 0.575. The van der Waals surface area contributed by atoms with Crippen molar-refractivity contribution < 1.29 is 27.5 Å². The molecule has 3 aliphatic rings. The van der Waals surface area contributed by atoms with Gasteiger partial charge in [0.15, 0.2) is 0 Å². The number of halogens is 3. The summed E-state index contributed by atoms with van der Waals surface area (Å²) in [5, 5.41) is 3.18. The number of aromatic nitrogens is 1. The van der Waals surface area contributed by atoms with Gasteiger partial charge in [-0.25, -0.2) is 0 Å². The molecule has 210 valence electrons. The maximum Gasteiger partial charge on any atom is 0.416 e. The third kappa shape index (κ3) is 6.78. The van der Waals surface area contributed by atoms with E-state index in [1.54, 1.807) is 6.20 Å². The molecule has 0 radical (unpaired) electrons. The Morgan fingerprint density at radius 2 is 2.03 bits per heavy atom. The Hall–Kier alpha value is -2.98. The molecule has 2 saturated heterocycles. The van der Waals surface area contributed by atoms with Crippen LogP contribution in [0.4, 0.5) is 13.2 Å². The Morgan fingerprint density at radius 3 is 2.82 bits per heavy atom. The van der Waals surface area contributed by atoms with Crippen LogP contribution >= 0.6 is 0 Å². The van der Waals surface area contributed by atoms with Crippen LogP contribution in [0.3, 0.4) is 0 Å². The van der Waals surface area contributed by atoms with Crippen molar-refractivity contribution in [1.29, 1.82) is 0 Å². The summed E-state index contributed by atoms with van der Waals surface area (Å²) >= 11 is 0. The molecule has 3 aliphatic heterocycles. The lowest BCUT2D eigenvalue weighted by molar-refractivity contribution is -0.137. The van der Waals surface area contributed by atoms with Crippen molar-refractivity contribution >= 4 is 11.8 Å². The highest BCUT2D eigenvalue weighted by molar-refractivity contribution is 5.99. The van der Waals surface area contributed by atoms with Crippen LogP contribution in [0.5, 0.6) is 0 Å². The number of ether oxygens (including phenoxy) is 1. The van der Waals surface area contributed by atoms with E-state index in [1.807, 2.05) is 12.3 Å². The van der Waals surface area contributed by atoms with Gasteiger partial charge < -0.3 is 15.0 Å². The molecule has 1 N–H and O–H groups in total. The minimum Gasteiger partial charge on any atom is -0.381 e. The Bertz CT molecular complexity index is 1150. The predicted octanol–water partition coefficient (Wildman–Crippen LogP) is 3.72. The zero-order valence-corrected chi connectivity index (χ0v) is 22.0. The van der Waals surface area contributed by atoms with E-state index in [-0.39, 0.29) is 30.0 Å². The highest BCUT2D eigenvalue weighted by atomic mass is 19.4. The van der Waals surface area contributed by atoms with Crippen LogP contribution in [-0.4, -0.2) is 78.1 Å². The molecule has 39 heavy (non-hydrogen) atoms. The Balaban J connectivity index is 1.24. The molecule has 0 spiro atoms. The molecule has 4 heterocycles. The summed E-state index contributed by atoms with van der Waals surface area (Å²) in [6, 6.07) is 7.60. The fourth-order valence-corrected chi connectivity index (χ4v) is 6.08. The minimum absolute atomic E-state index is 0.0286. The van der Waals surface area contributed by atoms with Gasteiger partial charge in [-0.3, -0.25) is 19.5 Å². The SMILES string of the molecule is O=C(CN1CCc2ccc(C(F)(F)F)cc2C1=O)NC1CN(C2CCCOCC2)C[C@@H]1CCc1cccnc1. The molecule has 10 heteroatoms. The number of nitrogens with zero attached hydrogens (tertiary/aromatic N) is 3. The second-order valence-electron chi connectivity index (χ2n) is 10.8. The van der Waals surface area contributed by atoms with Gasteiger partial charge in [0.1, 0.15) is 0 Å². The van der Waals surface area contributed by atoms with E-state index in [9.17, 15) is 22.8 Å². The molecule has 5 rings (SSSR count). The van der Waals surface area contributed by atoms with Gasteiger partial charge in [-0.15, -0.1) is 0 Å². The maximum atomic E-state index is 13.2. The number of benzene rings is 1. The molecule has 2 amide bonds. The molecule has 0 saturated carbocycles. The van der Waals surface area contributed by atoms with Crippen molar-refractivity contribution in [3.8, 4) is 0 Å². The van der Waals surface area contributed by atoms with Crippen LogP contribution in [0, 0.1) is 5.92 Å². The van der Waals surface area contributed by atoms with Gasteiger partial charge in [0.2, 0.25) is 5.91 Å². The van der Waals surface area contributed by atoms with E-state index in [4.69, 9.17) is 4.74 Å².